The van der Waals surface area contributed by atoms with Crippen molar-refractivity contribution in [3.05, 3.63) is 72.3 Å². The molecule has 0 aliphatic heterocycles. The van der Waals surface area contributed by atoms with Crippen molar-refractivity contribution in [1.82, 2.24) is 0 Å². The number of nitrogens with zero attached hydrogens (tertiary/aromatic N) is 1. The summed E-state index contributed by atoms with van der Waals surface area (Å²) >= 11 is 0. The zero-order valence-electron chi connectivity index (χ0n) is 10.3. The monoisotopic (exact) mass is 247 g/mol. The van der Waals surface area contributed by atoms with Crippen molar-refractivity contribution in [3.63, 3.8) is 0 Å². The van der Waals surface area contributed by atoms with Crippen LogP contribution in [0.2, 0.25) is 0 Å². The van der Waals surface area contributed by atoms with Crippen LogP contribution in [0.1, 0.15) is 5.56 Å². The highest BCUT2D eigenvalue weighted by molar-refractivity contribution is 5.98. The molecule has 0 aliphatic rings. The molecule has 2 nitrogen and oxygen atoms in total. The lowest BCUT2D eigenvalue weighted by atomic mass is 10.1. The van der Waals surface area contributed by atoms with E-state index in [2.05, 4.69) is 4.99 Å². The lowest BCUT2D eigenvalue weighted by molar-refractivity contribution is 0.481. The first-order valence-electron chi connectivity index (χ1n) is 6.14. The molecule has 0 fully saturated rings. The molecule has 0 spiro atoms. The molecule has 0 saturated carbocycles. The van der Waals surface area contributed by atoms with Gasteiger partial charge in [0.25, 0.3) is 0 Å². The van der Waals surface area contributed by atoms with Gasteiger partial charge in [-0.3, -0.25) is 4.99 Å². The number of fused-ring (bicyclic) bond motifs is 1. The Morgan fingerprint density at radius 3 is 2.32 bits per heavy atom. The maximum Gasteiger partial charge on any atom is 0.123 e. The van der Waals surface area contributed by atoms with Gasteiger partial charge in [-0.1, -0.05) is 54.6 Å². The van der Waals surface area contributed by atoms with Gasteiger partial charge in [0.1, 0.15) is 5.75 Å². The van der Waals surface area contributed by atoms with Crippen LogP contribution < -0.4 is 0 Å². The lowest BCUT2D eigenvalue weighted by Gasteiger charge is -2.03. The van der Waals surface area contributed by atoms with Crippen LogP contribution in [0.5, 0.6) is 5.75 Å². The van der Waals surface area contributed by atoms with E-state index in [9.17, 15) is 5.11 Å². The fourth-order valence-corrected chi connectivity index (χ4v) is 2.07. The van der Waals surface area contributed by atoms with Crippen molar-refractivity contribution in [2.24, 2.45) is 4.99 Å². The zero-order chi connectivity index (χ0) is 13.1. The molecule has 1 N–H and O–H groups in total. The minimum atomic E-state index is 0.286. The van der Waals surface area contributed by atoms with Crippen molar-refractivity contribution in [1.29, 1.82) is 0 Å². The Kier molecular flexibility index (Phi) is 2.99. The Bertz CT molecular complexity index is 733. The van der Waals surface area contributed by atoms with Gasteiger partial charge in [0, 0.05) is 17.0 Å². The van der Waals surface area contributed by atoms with E-state index in [0.717, 1.165) is 22.0 Å². The molecule has 2 heteroatoms. The maximum atomic E-state index is 9.83. The highest BCUT2D eigenvalue weighted by atomic mass is 16.3. The van der Waals surface area contributed by atoms with Gasteiger partial charge in [0.2, 0.25) is 0 Å². The highest BCUT2D eigenvalue weighted by Crippen LogP contribution is 2.31. The van der Waals surface area contributed by atoms with E-state index >= 15 is 0 Å². The molecule has 19 heavy (non-hydrogen) atoms. The van der Waals surface area contributed by atoms with Crippen LogP contribution in [0.15, 0.2) is 71.7 Å². The predicted molar refractivity (Wildman–Crippen MR) is 79.3 cm³/mol. The fraction of sp³-hybridized carbons (Fsp3) is 0. The van der Waals surface area contributed by atoms with Crippen LogP contribution in [0.4, 0.5) is 5.69 Å². The Hall–Kier alpha value is -2.61. The van der Waals surface area contributed by atoms with Crippen LogP contribution in [-0.2, 0) is 0 Å². The van der Waals surface area contributed by atoms with E-state index in [1.54, 1.807) is 6.07 Å². The molecule has 3 rings (SSSR count). The normalized spacial score (nSPS) is 11.2. The van der Waals surface area contributed by atoms with E-state index < -0.39 is 0 Å². The van der Waals surface area contributed by atoms with Gasteiger partial charge in [-0.05, 0) is 17.7 Å². The molecule has 92 valence electrons. The maximum absolute atomic E-state index is 9.83. The summed E-state index contributed by atoms with van der Waals surface area (Å²) in [4.78, 5) is 4.51. The number of hydrogen-bond acceptors (Lipinski definition) is 2. The molecule has 0 aromatic heterocycles. The summed E-state index contributed by atoms with van der Waals surface area (Å²) in [5.41, 5.74) is 1.91. The average Bonchev–Trinajstić information content (AvgIpc) is 2.47. The largest absolute Gasteiger partial charge is 0.507 e. The quantitative estimate of drug-likeness (QED) is 0.673. The van der Waals surface area contributed by atoms with Crippen molar-refractivity contribution in [2.75, 3.05) is 0 Å². The number of rotatable bonds is 2. The van der Waals surface area contributed by atoms with Gasteiger partial charge in [-0.2, -0.15) is 0 Å². The Morgan fingerprint density at radius 2 is 1.47 bits per heavy atom. The summed E-state index contributed by atoms with van der Waals surface area (Å²) in [7, 11) is 0. The predicted octanol–water partition coefficient (Wildman–Crippen LogP) is 4.30. The van der Waals surface area contributed by atoms with Crippen molar-refractivity contribution < 1.29 is 5.11 Å². The van der Waals surface area contributed by atoms with Crippen LogP contribution in [0, 0.1) is 0 Å². The summed E-state index contributed by atoms with van der Waals surface area (Å²) in [6.07, 6.45) is 1.83. The topological polar surface area (TPSA) is 32.6 Å². The summed E-state index contributed by atoms with van der Waals surface area (Å²) in [5, 5.41) is 11.6. The van der Waals surface area contributed by atoms with Crippen LogP contribution >= 0.6 is 0 Å². The van der Waals surface area contributed by atoms with Gasteiger partial charge in [0.05, 0.1) is 5.69 Å². The first-order valence-corrected chi connectivity index (χ1v) is 6.14. The lowest BCUT2D eigenvalue weighted by Crippen LogP contribution is -1.79. The number of benzene rings is 3. The molecular formula is C17H13NO. The number of aromatic hydroxyl groups is 1. The fourth-order valence-electron chi connectivity index (χ4n) is 2.07. The molecule has 0 aliphatic carbocycles. The minimum absolute atomic E-state index is 0.286. The van der Waals surface area contributed by atoms with Gasteiger partial charge >= 0.3 is 0 Å². The van der Waals surface area contributed by atoms with Gasteiger partial charge in [-0.15, -0.1) is 0 Å². The Balaban J connectivity index is 2.07. The molecular weight excluding hydrogens is 234 g/mol. The standard InChI is InChI=1S/C17H13NO/c19-17-11-5-8-14-15(17)9-4-10-16(14)18-12-13-6-2-1-3-7-13/h1-12,19H. The number of phenols is 1. The van der Waals surface area contributed by atoms with Crippen molar-refractivity contribution >= 4 is 22.7 Å². The molecule has 0 atom stereocenters. The van der Waals surface area contributed by atoms with Gasteiger partial charge in [0.15, 0.2) is 0 Å². The van der Waals surface area contributed by atoms with E-state index in [1.807, 2.05) is 66.9 Å². The summed E-state index contributed by atoms with van der Waals surface area (Å²) in [5.74, 6) is 0.286. The Morgan fingerprint density at radius 1 is 0.737 bits per heavy atom. The third kappa shape index (κ3) is 2.33. The molecule has 3 aromatic carbocycles. The summed E-state index contributed by atoms with van der Waals surface area (Å²) < 4.78 is 0. The third-order valence-electron chi connectivity index (χ3n) is 3.03. The van der Waals surface area contributed by atoms with E-state index in [4.69, 9.17) is 0 Å². The third-order valence-corrected chi connectivity index (χ3v) is 3.03. The molecule has 0 unspecified atom stereocenters. The molecule has 3 aromatic rings. The second kappa shape index (κ2) is 4.94. The summed E-state index contributed by atoms with van der Waals surface area (Å²) in [6.45, 7) is 0. The number of aliphatic imine (C=N–C) groups is 1. The SMILES string of the molecule is Oc1cccc2c(N=Cc3ccccc3)cccc12. The number of hydrogen-bond donors (Lipinski definition) is 1. The summed E-state index contributed by atoms with van der Waals surface area (Å²) in [6, 6.07) is 21.2. The zero-order valence-corrected chi connectivity index (χ0v) is 10.3. The van der Waals surface area contributed by atoms with Gasteiger partial charge < -0.3 is 5.11 Å². The number of phenolic OH excluding ortho intramolecular Hbond substituents is 1. The van der Waals surface area contributed by atoms with Crippen molar-refractivity contribution in [3.8, 4) is 5.75 Å². The van der Waals surface area contributed by atoms with Gasteiger partial charge in [-0.25, -0.2) is 0 Å². The molecule has 0 radical (unpaired) electrons. The van der Waals surface area contributed by atoms with Crippen LogP contribution in [0.25, 0.3) is 10.8 Å². The second-order valence-electron chi connectivity index (χ2n) is 4.32. The minimum Gasteiger partial charge on any atom is -0.507 e. The smallest absolute Gasteiger partial charge is 0.123 e. The molecule has 0 saturated heterocycles. The first-order chi connectivity index (χ1) is 9.34. The second-order valence-corrected chi connectivity index (χ2v) is 4.32. The van der Waals surface area contributed by atoms with E-state index in [-0.39, 0.29) is 5.75 Å². The van der Waals surface area contributed by atoms with Crippen LogP contribution in [-0.4, -0.2) is 11.3 Å². The molecule has 0 bridgehead atoms. The molecule has 0 heterocycles. The highest BCUT2D eigenvalue weighted by Gasteiger charge is 2.02. The average molecular weight is 247 g/mol. The van der Waals surface area contributed by atoms with Crippen LogP contribution in [0.3, 0.4) is 0 Å². The van der Waals surface area contributed by atoms with E-state index in [0.29, 0.717) is 0 Å². The Labute approximate surface area is 111 Å². The van der Waals surface area contributed by atoms with E-state index in [1.165, 1.54) is 0 Å². The molecule has 0 amide bonds. The van der Waals surface area contributed by atoms with Crippen molar-refractivity contribution in [2.45, 2.75) is 0 Å². The first kappa shape index (κ1) is 11.5.